The first-order valence-corrected chi connectivity index (χ1v) is 9.46. The Kier molecular flexibility index (Phi) is 5.50. The summed E-state index contributed by atoms with van der Waals surface area (Å²) in [5.74, 6) is -1.12. The Morgan fingerprint density at radius 3 is 2.69 bits per heavy atom. The molecule has 2 aromatic carbocycles. The molecule has 148 valence electrons. The van der Waals surface area contributed by atoms with Gasteiger partial charge in [0.2, 0.25) is 0 Å². The Hall–Kier alpha value is -3.10. The minimum absolute atomic E-state index is 0.183. The molecule has 1 aliphatic heterocycles. The molecule has 3 rings (SSSR count). The summed E-state index contributed by atoms with van der Waals surface area (Å²) in [7, 11) is 1.91. The van der Waals surface area contributed by atoms with E-state index in [-0.39, 0.29) is 16.7 Å². The minimum atomic E-state index is -0.627. The fourth-order valence-corrected chi connectivity index (χ4v) is 3.56. The first-order valence-electron chi connectivity index (χ1n) is 9.08. The van der Waals surface area contributed by atoms with Crippen molar-refractivity contribution in [3.63, 3.8) is 0 Å². The van der Waals surface area contributed by atoms with Gasteiger partial charge in [0.1, 0.15) is 17.5 Å². The Labute approximate surface area is 174 Å². The van der Waals surface area contributed by atoms with E-state index in [1.807, 2.05) is 24.9 Å². The molecular weight excluding hydrogens is 389 g/mol. The molecule has 0 saturated carbocycles. The monoisotopic (exact) mass is 409 g/mol. The second kappa shape index (κ2) is 7.73. The van der Waals surface area contributed by atoms with E-state index >= 15 is 0 Å². The van der Waals surface area contributed by atoms with Gasteiger partial charge in [-0.25, -0.2) is 4.39 Å². The number of rotatable bonds is 3. The number of nitrogens with zero attached hydrogens (tertiary/aromatic N) is 2. The molecular formula is C23H21ClFN3O. The molecule has 0 aromatic heterocycles. The van der Waals surface area contributed by atoms with Crippen LogP contribution in [0.3, 0.4) is 0 Å². The Bertz CT molecular complexity index is 1100. The lowest BCUT2D eigenvalue weighted by Crippen LogP contribution is -2.42. The number of nitrogens with one attached hydrogen (secondary N) is 1. The van der Waals surface area contributed by atoms with Crippen LogP contribution in [0.15, 0.2) is 48.0 Å². The van der Waals surface area contributed by atoms with Crippen LogP contribution in [0.4, 0.5) is 15.8 Å². The molecule has 1 aliphatic rings. The fraction of sp³-hybridized carbons (Fsp3) is 0.217. The van der Waals surface area contributed by atoms with Crippen molar-refractivity contribution >= 4 is 40.5 Å². The van der Waals surface area contributed by atoms with Crippen molar-refractivity contribution in [3.8, 4) is 6.07 Å². The van der Waals surface area contributed by atoms with Crippen molar-refractivity contribution in [1.82, 2.24) is 0 Å². The molecule has 0 fully saturated rings. The highest BCUT2D eigenvalue weighted by Gasteiger charge is 2.29. The number of nitriles is 1. The van der Waals surface area contributed by atoms with E-state index in [0.717, 1.165) is 16.8 Å². The van der Waals surface area contributed by atoms with Crippen molar-refractivity contribution in [2.24, 2.45) is 0 Å². The van der Waals surface area contributed by atoms with Crippen molar-refractivity contribution in [1.29, 1.82) is 5.26 Å². The number of carbonyl (C=O) groups excluding carboxylic acids is 1. The van der Waals surface area contributed by atoms with Crippen LogP contribution < -0.4 is 10.2 Å². The van der Waals surface area contributed by atoms with Gasteiger partial charge in [-0.15, -0.1) is 0 Å². The maximum atomic E-state index is 14.8. The summed E-state index contributed by atoms with van der Waals surface area (Å²) in [6.45, 7) is 6.08. The van der Waals surface area contributed by atoms with Gasteiger partial charge in [0.15, 0.2) is 0 Å². The molecule has 0 spiro atoms. The molecule has 0 atom stereocenters. The van der Waals surface area contributed by atoms with Gasteiger partial charge in [-0.3, -0.25) is 4.79 Å². The highest BCUT2D eigenvalue weighted by Crippen LogP contribution is 2.39. The topological polar surface area (TPSA) is 56.1 Å². The third kappa shape index (κ3) is 4.18. The van der Waals surface area contributed by atoms with Gasteiger partial charge in [-0.1, -0.05) is 23.7 Å². The van der Waals surface area contributed by atoms with Gasteiger partial charge in [0.25, 0.3) is 5.91 Å². The lowest BCUT2D eigenvalue weighted by Gasteiger charge is -2.40. The minimum Gasteiger partial charge on any atom is -0.365 e. The zero-order valence-corrected chi connectivity index (χ0v) is 17.4. The zero-order chi connectivity index (χ0) is 21.3. The summed E-state index contributed by atoms with van der Waals surface area (Å²) in [6.07, 6.45) is 3.38. The molecule has 1 N–H and O–H groups in total. The highest BCUT2D eigenvalue weighted by molar-refractivity contribution is 6.31. The van der Waals surface area contributed by atoms with Gasteiger partial charge in [-0.05, 0) is 62.8 Å². The third-order valence-electron chi connectivity index (χ3n) is 5.08. The van der Waals surface area contributed by atoms with Crippen LogP contribution in [-0.4, -0.2) is 18.5 Å². The lowest BCUT2D eigenvalue weighted by atomic mass is 9.88. The predicted octanol–water partition coefficient (Wildman–Crippen LogP) is 5.66. The molecule has 0 radical (unpaired) electrons. The van der Waals surface area contributed by atoms with Crippen LogP contribution in [0.1, 0.15) is 31.9 Å². The number of amides is 1. The zero-order valence-electron chi connectivity index (χ0n) is 16.7. The standard InChI is InChI=1S/C23H21ClFN3O/c1-14-12-23(2,3)28(4)21-11-20(25)15(9-19(14)21)8-16(13-26)22(29)27-18-7-5-6-17(24)10-18/h5-12H,1-4H3,(H,27,29)/b16-8+. The SMILES string of the molecule is CC1=CC(C)(C)N(C)c2cc(F)c(/C=C(\C#N)C(=O)Nc3cccc(Cl)c3)cc21. The first kappa shape index (κ1) is 20.6. The number of hydrogen-bond donors (Lipinski definition) is 1. The Morgan fingerprint density at radius 1 is 1.31 bits per heavy atom. The summed E-state index contributed by atoms with van der Waals surface area (Å²) < 4.78 is 14.8. The molecule has 0 saturated heterocycles. The molecule has 2 aromatic rings. The number of likely N-dealkylation sites (N-methyl/N-ethyl adjacent to an activating group) is 1. The van der Waals surface area contributed by atoms with Crippen LogP contribution in [0.5, 0.6) is 0 Å². The largest absolute Gasteiger partial charge is 0.365 e. The van der Waals surface area contributed by atoms with E-state index in [1.165, 1.54) is 12.1 Å². The van der Waals surface area contributed by atoms with Crippen molar-refractivity contribution in [2.75, 3.05) is 17.3 Å². The Morgan fingerprint density at radius 2 is 2.03 bits per heavy atom. The second-order valence-electron chi connectivity index (χ2n) is 7.57. The van der Waals surface area contributed by atoms with Crippen molar-refractivity contribution in [2.45, 2.75) is 26.3 Å². The van der Waals surface area contributed by atoms with Gasteiger partial charge in [0.05, 0.1) is 5.54 Å². The number of fused-ring (bicyclic) bond motifs is 1. The van der Waals surface area contributed by atoms with Crippen molar-refractivity contribution in [3.05, 3.63) is 70.0 Å². The molecule has 0 unspecified atom stereocenters. The summed E-state index contributed by atoms with van der Waals surface area (Å²) >= 11 is 5.92. The van der Waals surface area contributed by atoms with Crippen LogP contribution in [-0.2, 0) is 4.79 Å². The van der Waals surface area contributed by atoms with Gasteiger partial charge >= 0.3 is 0 Å². The third-order valence-corrected chi connectivity index (χ3v) is 5.32. The second-order valence-corrected chi connectivity index (χ2v) is 8.00. The average Bonchev–Trinajstić information content (AvgIpc) is 2.64. The number of halogens is 2. The number of anilines is 2. The summed E-state index contributed by atoms with van der Waals surface area (Å²) in [4.78, 5) is 14.5. The summed E-state index contributed by atoms with van der Waals surface area (Å²) in [6, 6.07) is 11.6. The van der Waals surface area contributed by atoms with Crippen LogP contribution >= 0.6 is 11.6 Å². The molecule has 4 nitrogen and oxygen atoms in total. The molecule has 1 heterocycles. The number of allylic oxidation sites excluding steroid dienone is 1. The number of hydrogen-bond acceptors (Lipinski definition) is 3. The molecule has 0 aliphatic carbocycles. The molecule has 29 heavy (non-hydrogen) atoms. The molecule has 6 heteroatoms. The van der Waals surface area contributed by atoms with E-state index in [0.29, 0.717) is 10.7 Å². The van der Waals surface area contributed by atoms with Crippen LogP contribution in [0.2, 0.25) is 5.02 Å². The number of benzene rings is 2. The van der Waals surface area contributed by atoms with E-state index in [4.69, 9.17) is 11.6 Å². The predicted molar refractivity (Wildman–Crippen MR) is 116 cm³/mol. The van der Waals surface area contributed by atoms with Gasteiger partial charge in [0, 0.05) is 34.6 Å². The van der Waals surface area contributed by atoms with Gasteiger partial charge in [-0.2, -0.15) is 5.26 Å². The van der Waals surface area contributed by atoms with Gasteiger partial charge < -0.3 is 10.2 Å². The molecule has 0 bridgehead atoms. The fourth-order valence-electron chi connectivity index (χ4n) is 3.37. The summed E-state index contributed by atoms with van der Waals surface area (Å²) in [5, 5.41) is 12.5. The molecule has 1 amide bonds. The van der Waals surface area contributed by atoms with E-state index in [1.54, 1.807) is 30.3 Å². The first-order chi connectivity index (χ1) is 13.6. The average molecular weight is 410 g/mol. The van der Waals surface area contributed by atoms with E-state index in [2.05, 4.69) is 25.2 Å². The highest BCUT2D eigenvalue weighted by atomic mass is 35.5. The van der Waals surface area contributed by atoms with E-state index in [9.17, 15) is 14.4 Å². The maximum absolute atomic E-state index is 14.8. The normalized spacial score (nSPS) is 15.3. The lowest BCUT2D eigenvalue weighted by molar-refractivity contribution is -0.112. The van der Waals surface area contributed by atoms with Crippen LogP contribution in [0, 0.1) is 17.1 Å². The van der Waals surface area contributed by atoms with E-state index < -0.39 is 11.7 Å². The quantitative estimate of drug-likeness (QED) is 0.526. The van der Waals surface area contributed by atoms with Crippen LogP contribution in [0.25, 0.3) is 11.6 Å². The van der Waals surface area contributed by atoms with Crippen molar-refractivity contribution < 1.29 is 9.18 Å². The smallest absolute Gasteiger partial charge is 0.266 e. The number of carbonyl (C=O) groups is 1. The Balaban J connectivity index is 1.98. The summed E-state index contributed by atoms with van der Waals surface area (Å²) in [5.41, 5.74) is 2.85. The maximum Gasteiger partial charge on any atom is 0.266 e.